The van der Waals surface area contributed by atoms with Crippen molar-refractivity contribution in [1.82, 2.24) is 9.80 Å². The van der Waals surface area contributed by atoms with E-state index >= 15 is 0 Å². The van der Waals surface area contributed by atoms with Crippen molar-refractivity contribution in [2.24, 2.45) is 11.8 Å². The summed E-state index contributed by atoms with van der Waals surface area (Å²) in [6.07, 6.45) is 1.09. The monoisotopic (exact) mass is 324 g/mol. The second-order valence-corrected chi connectivity index (χ2v) is 8.05. The van der Waals surface area contributed by atoms with Crippen LogP contribution in [-0.2, 0) is 6.42 Å². The SMILES string of the molecule is C[C@H]1c2cc(Cl)cc(Cl)c2C[C@@H]1N1C[C@H]2CN(C)C[C@H]2C1. The molecule has 0 amide bonds. The number of hydrogen-bond donors (Lipinski definition) is 0. The lowest BCUT2D eigenvalue weighted by Gasteiger charge is -2.29. The van der Waals surface area contributed by atoms with Crippen molar-refractivity contribution in [3.63, 3.8) is 0 Å². The van der Waals surface area contributed by atoms with Crippen molar-refractivity contribution in [3.05, 3.63) is 33.3 Å². The maximum Gasteiger partial charge on any atom is 0.0456 e. The lowest BCUT2D eigenvalue weighted by molar-refractivity contribution is 0.198. The van der Waals surface area contributed by atoms with Crippen molar-refractivity contribution in [3.8, 4) is 0 Å². The van der Waals surface area contributed by atoms with Gasteiger partial charge in [0.15, 0.2) is 0 Å². The molecule has 2 heterocycles. The van der Waals surface area contributed by atoms with Gasteiger partial charge in [-0.1, -0.05) is 30.1 Å². The maximum absolute atomic E-state index is 6.42. The number of halogens is 2. The Bertz CT molecular complexity index is 560. The molecule has 4 heteroatoms. The molecule has 0 bridgehead atoms. The fourth-order valence-electron chi connectivity index (χ4n) is 4.82. The van der Waals surface area contributed by atoms with E-state index in [4.69, 9.17) is 23.2 Å². The molecular weight excluding hydrogens is 303 g/mol. The van der Waals surface area contributed by atoms with Crippen LogP contribution in [0.25, 0.3) is 0 Å². The molecule has 2 saturated heterocycles. The minimum absolute atomic E-state index is 0.535. The van der Waals surface area contributed by atoms with Gasteiger partial charge < -0.3 is 4.90 Å². The van der Waals surface area contributed by atoms with Gasteiger partial charge in [0, 0.05) is 42.3 Å². The van der Waals surface area contributed by atoms with Gasteiger partial charge in [-0.2, -0.15) is 0 Å². The van der Waals surface area contributed by atoms with Crippen LogP contribution in [0.2, 0.25) is 10.0 Å². The molecule has 21 heavy (non-hydrogen) atoms. The topological polar surface area (TPSA) is 6.48 Å². The predicted molar refractivity (Wildman–Crippen MR) is 88.4 cm³/mol. The second-order valence-electron chi connectivity index (χ2n) is 7.21. The maximum atomic E-state index is 6.42. The summed E-state index contributed by atoms with van der Waals surface area (Å²) in [6, 6.07) is 4.62. The van der Waals surface area contributed by atoms with Crippen molar-refractivity contribution in [1.29, 1.82) is 0 Å². The first kappa shape index (κ1) is 14.3. The third-order valence-corrected chi connectivity index (χ3v) is 6.40. The highest BCUT2D eigenvalue weighted by atomic mass is 35.5. The number of fused-ring (bicyclic) bond motifs is 2. The zero-order valence-corrected chi connectivity index (χ0v) is 14.2. The van der Waals surface area contributed by atoms with E-state index in [1.54, 1.807) is 0 Å². The molecule has 3 aliphatic rings. The summed E-state index contributed by atoms with van der Waals surface area (Å²) in [7, 11) is 2.25. The Morgan fingerprint density at radius 3 is 2.38 bits per heavy atom. The lowest BCUT2D eigenvalue weighted by Crippen LogP contribution is -2.38. The Kier molecular flexibility index (Phi) is 3.50. The summed E-state index contributed by atoms with van der Waals surface area (Å²) in [5.74, 6) is 2.27. The molecule has 114 valence electrons. The highest BCUT2D eigenvalue weighted by Crippen LogP contribution is 2.43. The summed E-state index contributed by atoms with van der Waals surface area (Å²) in [5, 5.41) is 1.62. The quantitative estimate of drug-likeness (QED) is 0.780. The van der Waals surface area contributed by atoms with Crippen molar-refractivity contribution in [2.45, 2.75) is 25.3 Å². The van der Waals surface area contributed by atoms with Gasteiger partial charge in [0.25, 0.3) is 0 Å². The molecule has 4 rings (SSSR count). The molecule has 2 nitrogen and oxygen atoms in total. The molecule has 0 unspecified atom stereocenters. The van der Waals surface area contributed by atoms with E-state index in [1.165, 1.54) is 37.3 Å². The van der Waals surface area contributed by atoms with E-state index in [1.807, 2.05) is 6.07 Å². The van der Waals surface area contributed by atoms with Crippen LogP contribution in [0.5, 0.6) is 0 Å². The molecule has 0 N–H and O–H groups in total. The first-order chi connectivity index (χ1) is 10.0. The van der Waals surface area contributed by atoms with Crippen molar-refractivity contribution < 1.29 is 0 Å². The summed E-state index contributed by atoms with van der Waals surface area (Å²) in [6.45, 7) is 7.37. The Morgan fingerprint density at radius 2 is 1.71 bits per heavy atom. The van der Waals surface area contributed by atoms with E-state index < -0.39 is 0 Å². The molecule has 0 aromatic heterocycles. The van der Waals surface area contributed by atoms with Gasteiger partial charge in [0.1, 0.15) is 0 Å². The van der Waals surface area contributed by atoms with Crippen molar-refractivity contribution >= 4 is 23.2 Å². The Labute approximate surface area is 137 Å². The van der Waals surface area contributed by atoms with E-state index in [9.17, 15) is 0 Å². The molecule has 1 aromatic rings. The summed E-state index contributed by atoms with van der Waals surface area (Å²) >= 11 is 12.6. The van der Waals surface area contributed by atoms with Gasteiger partial charge in [0.05, 0.1) is 0 Å². The molecule has 0 radical (unpaired) electrons. The molecule has 0 spiro atoms. The second kappa shape index (κ2) is 5.13. The molecular formula is C17H22Cl2N2. The first-order valence-corrected chi connectivity index (χ1v) is 8.69. The smallest absolute Gasteiger partial charge is 0.0456 e. The standard InChI is InChI=1S/C17H22Cl2N2/c1-10-14-3-13(18)4-16(19)15(14)5-17(10)21-8-11-6-20(2)7-12(11)9-21/h3-4,10-12,17H,5-9H2,1-2H3/t10-,11-,12+,17-/m0/s1. The van der Waals surface area contributed by atoms with E-state index in [2.05, 4.69) is 29.8 Å². The van der Waals surface area contributed by atoms with Crippen molar-refractivity contribution in [2.75, 3.05) is 33.2 Å². The highest BCUT2D eigenvalue weighted by molar-refractivity contribution is 6.35. The van der Waals surface area contributed by atoms with Crippen LogP contribution in [0.3, 0.4) is 0 Å². The normalized spacial score (nSPS) is 36.2. The van der Waals surface area contributed by atoms with E-state index in [-0.39, 0.29) is 0 Å². The largest absolute Gasteiger partial charge is 0.306 e. The molecule has 1 aromatic carbocycles. The van der Waals surface area contributed by atoms with Gasteiger partial charge in [0.2, 0.25) is 0 Å². The van der Waals surface area contributed by atoms with E-state index in [0.717, 1.165) is 28.3 Å². The average Bonchev–Trinajstić information content (AvgIpc) is 3.01. The molecule has 2 fully saturated rings. The third kappa shape index (κ3) is 2.31. The van der Waals surface area contributed by atoms with Crippen LogP contribution in [0.4, 0.5) is 0 Å². The van der Waals surface area contributed by atoms with E-state index in [0.29, 0.717) is 12.0 Å². The lowest BCUT2D eigenvalue weighted by atomic mass is 10.00. The molecule has 0 saturated carbocycles. The minimum atomic E-state index is 0.535. The third-order valence-electron chi connectivity index (χ3n) is 5.84. The minimum Gasteiger partial charge on any atom is -0.306 e. The van der Waals surface area contributed by atoms with Crippen LogP contribution in [0.1, 0.15) is 24.0 Å². The summed E-state index contributed by atoms with van der Waals surface area (Å²) in [4.78, 5) is 5.20. The molecule has 2 aliphatic heterocycles. The van der Waals surface area contributed by atoms with Gasteiger partial charge in [-0.05, 0) is 54.5 Å². The number of hydrogen-bond acceptors (Lipinski definition) is 2. The van der Waals surface area contributed by atoms with Gasteiger partial charge in [-0.25, -0.2) is 0 Å². The zero-order valence-electron chi connectivity index (χ0n) is 12.6. The Hall–Kier alpha value is -0.280. The average molecular weight is 325 g/mol. The predicted octanol–water partition coefficient (Wildman–Crippen LogP) is 3.52. The fraction of sp³-hybridized carbons (Fsp3) is 0.647. The fourth-order valence-corrected chi connectivity index (χ4v) is 5.40. The van der Waals surface area contributed by atoms with Gasteiger partial charge >= 0.3 is 0 Å². The van der Waals surface area contributed by atoms with Crippen LogP contribution in [0, 0.1) is 11.8 Å². The molecule has 4 atom stereocenters. The Balaban J connectivity index is 1.55. The zero-order chi connectivity index (χ0) is 14.7. The number of likely N-dealkylation sites (tertiary alicyclic amines) is 2. The van der Waals surface area contributed by atoms with Crippen LogP contribution < -0.4 is 0 Å². The number of benzene rings is 1. The summed E-state index contributed by atoms with van der Waals surface area (Å²) in [5.41, 5.74) is 2.69. The highest BCUT2D eigenvalue weighted by Gasteiger charge is 2.44. The summed E-state index contributed by atoms with van der Waals surface area (Å²) < 4.78 is 0. The van der Waals surface area contributed by atoms with Gasteiger partial charge in [-0.3, -0.25) is 4.90 Å². The van der Waals surface area contributed by atoms with Crippen LogP contribution in [0.15, 0.2) is 12.1 Å². The molecule has 1 aliphatic carbocycles. The first-order valence-electron chi connectivity index (χ1n) is 7.93. The number of nitrogens with zero attached hydrogens (tertiary/aromatic N) is 2. The van der Waals surface area contributed by atoms with Crippen LogP contribution in [-0.4, -0.2) is 49.1 Å². The number of rotatable bonds is 1. The van der Waals surface area contributed by atoms with Gasteiger partial charge in [-0.15, -0.1) is 0 Å². The van der Waals surface area contributed by atoms with Crippen LogP contribution >= 0.6 is 23.2 Å². The Morgan fingerprint density at radius 1 is 1.05 bits per heavy atom.